The van der Waals surface area contributed by atoms with Crippen LogP contribution in [0.25, 0.3) is 5.57 Å². The van der Waals surface area contributed by atoms with Crippen LogP contribution in [0.3, 0.4) is 0 Å². The van der Waals surface area contributed by atoms with Crippen LogP contribution < -0.4 is 9.80 Å². The SMILES string of the molecule is Sc1cccc(N(c2ccccc2)c2ccc(C3=CCC(N(c4ccccc4)c4cccc(S)c4)C=C3)cc2)c1. The lowest BCUT2D eigenvalue weighted by atomic mass is 9.95. The van der Waals surface area contributed by atoms with Gasteiger partial charge in [0.25, 0.3) is 0 Å². The van der Waals surface area contributed by atoms with Gasteiger partial charge in [-0.25, -0.2) is 0 Å². The summed E-state index contributed by atoms with van der Waals surface area (Å²) in [5, 5.41) is 0. The van der Waals surface area contributed by atoms with E-state index in [2.05, 4.69) is 162 Å². The van der Waals surface area contributed by atoms with Crippen molar-refractivity contribution in [2.24, 2.45) is 0 Å². The highest BCUT2D eigenvalue weighted by Gasteiger charge is 2.21. The summed E-state index contributed by atoms with van der Waals surface area (Å²) in [4.78, 5) is 6.55. The number of anilines is 5. The Kier molecular flexibility index (Phi) is 7.80. The van der Waals surface area contributed by atoms with Crippen molar-refractivity contribution in [3.63, 3.8) is 0 Å². The lowest BCUT2D eigenvalue weighted by molar-refractivity contribution is 0.786. The molecule has 0 heterocycles. The van der Waals surface area contributed by atoms with Gasteiger partial charge in [0.15, 0.2) is 0 Å². The molecule has 0 aromatic heterocycles. The lowest BCUT2D eigenvalue weighted by Gasteiger charge is -2.33. The molecule has 196 valence electrons. The van der Waals surface area contributed by atoms with Crippen molar-refractivity contribution in [1.82, 2.24) is 0 Å². The molecule has 0 spiro atoms. The molecule has 2 nitrogen and oxygen atoms in total. The number of nitrogens with zero attached hydrogens (tertiary/aromatic N) is 2. The van der Waals surface area contributed by atoms with Crippen LogP contribution in [-0.2, 0) is 0 Å². The number of hydrogen-bond donors (Lipinski definition) is 2. The molecule has 0 aliphatic heterocycles. The summed E-state index contributed by atoms with van der Waals surface area (Å²) in [6.45, 7) is 0. The molecule has 0 amide bonds. The first kappa shape index (κ1) is 26.1. The number of benzene rings is 5. The standard InChI is InChI=1S/C36H30N2S2/c39-35-15-7-13-33(25-35)37(29-9-3-1-4-10-29)31-21-17-27(18-22-31)28-19-23-32(24-20-28)38(30-11-5-2-6-12-30)34-14-8-16-36(40)26-34/h1-23,25-26,32,39-40H,24H2. The quantitative estimate of drug-likeness (QED) is 0.193. The van der Waals surface area contributed by atoms with Crippen molar-refractivity contribution in [2.45, 2.75) is 22.3 Å². The second-order valence-electron chi connectivity index (χ2n) is 9.78. The van der Waals surface area contributed by atoms with E-state index >= 15 is 0 Å². The lowest BCUT2D eigenvalue weighted by Crippen LogP contribution is -2.30. The predicted molar refractivity (Wildman–Crippen MR) is 176 cm³/mol. The molecule has 1 atom stereocenters. The fraction of sp³-hybridized carbons (Fsp3) is 0.0556. The molecule has 0 saturated heterocycles. The molecule has 1 aliphatic rings. The van der Waals surface area contributed by atoms with Gasteiger partial charge in [0.05, 0.1) is 6.04 Å². The van der Waals surface area contributed by atoms with Gasteiger partial charge in [0.2, 0.25) is 0 Å². The Hall–Kier alpha value is -4.12. The van der Waals surface area contributed by atoms with Crippen LogP contribution in [0.4, 0.5) is 28.4 Å². The topological polar surface area (TPSA) is 6.48 Å². The second kappa shape index (κ2) is 12.0. The molecule has 0 N–H and O–H groups in total. The number of para-hydroxylation sites is 2. The molecule has 5 aromatic rings. The number of rotatable bonds is 7. The van der Waals surface area contributed by atoms with E-state index in [9.17, 15) is 0 Å². The summed E-state index contributed by atoms with van der Waals surface area (Å²) in [5.74, 6) is 0. The maximum absolute atomic E-state index is 4.60. The van der Waals surface area contributed by atoms with Gasteiger partial charge in [-0.1, -0.05) is 78.9 Å². The molecule has 0 saturated carbocycles. The van der Waals surface area contributed by atoms with Crippen LogP contribution in [0.1, 0.15) is 12.0 Å². The Labute approximate surface area is 247 Å². The van der Waals surface area contributed by atoms with E-state index in [1.165, 1.54) is 16.8 Å². The van der Waals surface area contributed by atoms with Crippen molar-refractivity contribution in [3.05, 3.63) is 157 Å². The normalized spacial score (nSPS) is 14.4. The summed E-state index contributed by atoms with van der Waals surface area (Å²) in [5.41, 5.74) is 8.05. The third-order valence-corrected chi connectivity index (χ3v) is 7.67. The van der Waals surface area contributed by atoms with E-state index in [1.807, 2.05) is 24.3 Å². The highest BCUT2D eigenvalue weighted by atomic mass is 32.1. The zero-order valence-electron chi connectivity index (χ0n) is 22.0. The molecule has 0 radical (unpaired) electrons. The molecule has 0 bridgehead atoms. The fourth-order valence-corrected chi connectivity index (χ4v) is 5.67. The molecule has 40 heavy (non-hydrogen) atoms. The van der Waals surface area contributed by atoms with Crippen molar-refractivity contribution in [1.29, 1.82) is 0 Å². The zero-order valence-corrected chi connectivity index (χ0v) is 23.8. The van der Waals surface area contributed by atoms with Crippen LogP contribution in [0.15, 0.2) is 161 Å². The Morgan fingerprint density at radius 1 is 0.525 bits per heavy atom. The van der Waals surface area contributed by atoms with Gasteiger partial charge in [0.1, 0.15) is 0 Å². The first-order valence-corrected chi connectivity index (χ1v) is 14.3. The average molecular weight is 555 g/mol. The van der Waals surface area contributed by atoms with Crippen molar-refractivity contribution < 1.29 is 0 Å². The first-order chi connectivity index (χ1) is 19.7. The van der Waals surface area contributed by atoms with Crippen LogP contribution in [0, 0.1) is 0 Å². The van der Waals surface area contributed by atoms with Gasteiger partial charge in [-0.15, -0.1) is 25.3 Å². The Balaban J connectivity index is 1.26. The van der Waals surface area contributed by atoms with Gasteiger partial charge in [-0.05, 0) is 90.4 Å². The van der Waals surface area contributed by atoms with Gasteiger partial charge < -0.3 is 9.80 Å². The van der Waals surface area contributed by atoms with Gasteiger partial charge >= 0.3 is 0 Å². The molecular formula is C36H30N2S2. The summed E-state index contributed by atoms with van der Waals surface area (Å²) in [7, 11) is 0. The minimum atomic E-state index is 0.211. The zero-order chi connectivity index (χ0) is 27.3. The summed E-state index contributed by atoms with van der Waals surface area (Å²) >= 11 is 9.18. The van der Waals surface area contributed by atoms with Crippen LogP contribution in [0.2, 0.25) is 0 Å². The van der Waals surface area contributed by atoms with Gasteiger partial charge in [0, 0.05) is 38.2 Å². The van der Waals surface area contributed by atoms with Crippen molar-refractivity contribution in [3.8, 4) is 0 Å². The van der Waals surface area contributed by atoms with E-state index in [0.29, 0.717) is 0 Å². The third kappa shape index (κ3) is 5.74. The van der Waals surface area contributed by atoms with E-state index in [4.69, 9.17) is 0 Å². The van der Waals surface area contributed by atoms with Crippen molar-refractivity contribution >= 4 is 59.3 Å². The fourth-order valence-electron chi connectivity index (χ4n) is 5.24. The Morgan fingerprint density at radius 3 is 1.68 bits per heavy atom. The molecule has 5 aromatic carbocycles. The smallest absolute Gasteiger partial charge is 0.0560 e. The van der Waals surface area contributed by atoms with Crippen LogP contribution >= 0.6 is 25.3 Å². The largest absolute Gasteiger partial charge is 0.334 e. The van der Waals surface area contributed by atoms with E-state index in [0.717, 1.165) is 39.0 Å². The second-order valence-corrected chi connectivity index (χ2v) is 10.8. The number of thiol groups is 2. The minimum absolute atomic E-state index is 0.211. The highest BCUT2D eigenvalue weighted by molar-refractivity contribution is 7.80. The molecule has 1 unspecified atom stereocenters. The number of allylic oxidation sites excluding steroid dienone is 2. The first-order valence-electron chi connectivity index (χ1n) is 13.4. The molecule has 4 heteroatoms. The maximum Gasteiger partial charge on any atom is 0.0560 e. The van der Waals surface area contributed by atoms with Gasteiger partial charge in [-0.3, -0.25) is 0 Å². The third-order valence-electron chi connectivity index (χ3n) is 7.11. The molecular weight excluding hydrogens is 525 g/mol. The van der Waals surface area contributed by atoms with Crippen molar-refractivity contribution in [2.75, 3.05) is 9.80 Å². The summed E-state index contributed by atoms with van der Waals surface area (Å²) in [6.07, 6.45) is 7.82. The van der Waals surface area contributed by atoms with E-state index < -0.39 is 0 Å². The predicted octanol–water partition coefficient (Wildman–Crippen LogP) is 10.3. The number of hydrogen-bond acceptors (Lipinski definition) is 4. The summed E-state index contributed by atoms with van der Waals surface area (Å²) < 4.78 is 0. The maximum atomic E-state index is 4.60. The highest BCUT2D eigenvalue weighted by Crippen LogP contribution is 2.37. The molecule has 1 aliphatic carbocycles. The minimum Gasteiger partial charge on any atom is -0.334 e. The van der Waals surface area contributed by atoms with E-state index in [1.54, 1.807) is 0 Å². The van der Waals surface area contributed by atoms with Crippen LogP contribution in [0.5, 0.6) is 0 Å². The Morgan fingerprint density at radius 2 is 1.07 bits per heavy atom. The Bertz CT molecular complexity index is 1640. The average Bonchev–Trinajstić information content (AvgIpc) is 3.00. The molecule has 6 rings (SSSR count). The van der Waals surface area contributed by atoms with E-state index in [-0.39, 0.29) is 6.04 Å². The monoisotopic (exact) mass is 554 g/mol. The summed E-state index contributed by atoms with van der Waals surface area (Å²) in [6, 6.07) is 46.7. The van der Waals surface area contributed by atoms with Crippen LogP contribution in [-0.4, -0.2) is 6.04 Å². The molecule has 0 fully saturated rings. The van der Waals surface area contributed by atoms with Gasteiger partial charge in [-0.2, -0.15) is 0 Å².